The summed E-state index contributed by atoms with van der Waals surface area (Å²) < 4.78 is 36.9. The van der Waals surface area contributed by atoms with Crippen molar-refractivity contribution in [3.05, 3.63) is 35.0 Å². The van der Waals surface area contributed by atoms with Crippen molar-refractivity contribution in [2.75, 3.05) is 0 Å². The third-order valence-corrected chi connectivity index (χ3v) is 4.02. The van der Waals surface area contributed by atoms with E-state index in [1.165, 1.54) is 6.07 Å². The second kappa shape index (κ2) is 3.68. The number of sulfone groups is 1. The molecule has 0 bridgehead atoms. The highest BCUT2D eigenvalue weighted by molar-refractivity contribution is 7.95. The SMILES string of the molecule is CC(N)CC1=CS(=O)(=O)c2c(F)cccc21. The summed E-state index contributed by atoms with van der Waals surface area (Å²) in [4.78, 5) is -0.217. The average Bonchev–Trinajstić information content (AvgIpc) is 2.38. The smallest absolute Gasteiger partial charge is 0.203 e. The Hall–Kier alpha value is -1.20. The fraction of sp³-hybridized carbons (Fsp3) is 0.273. The molecule has 1 atom stereocenters. The van der Waals surface area contributed by atoms with Crippen LogP contribution in [0.15, 0.2) is 28.5 Å². The van der Waals surface area contributed by atoms with Gasteiger partial charge in [-0.2, -0.15) is 0 Å². The molecular formula is C11H12FNO2S. The lowest BCUT2D eigenvalue weighted by atomic mass is 10.0. The number of halogens is 1. The van der Waals surface area contributed by atoms with Crippen molar-refractivity contribution in [2.45, 2.75) is 24.3 Å². The maximum absolute atomic E-state index is 13.5. The number of rotatable bonds is 2. The Balaban J connectivity index is 2.61. The highest BCUT2D eigenvalue weighted by Crippen LogP contribution is 2.36. The molecule has 0 saturated heterocycles. The van der Waals surface area contributed by atoms with E-state index < -0.39 is 15.7 Å². The molecule has 0 spiro atoms. The van der Waals surface area contributed by atoms with Gasteiger partial charge in [-0.1, -0.05) is 12.1 Å². The van der Waals surface area contributed by atoms with E-state index in [0.29, 0.717) is 17.6 Å². The molecule has 0 aliphatic carbocycles. The lowest BCUT2D eigenvalue weighted by molar-refractivity contribution is 0.573. The van der Waals surface area contributed by atoms with E-state index in [9.17, 15) is 12.8 Å². The molecule has 16 heavy (non-hydrogen) atoms. The predicted molar refractivity (Wildman–Crippen MR) is 59.8 cm³/mol. The Labute approximate surface area is 93.7 Å². The summed E-state index contributed by atoms with van der Waals surface area (Å²) in [5, 5.41) is 1.12. The summed E-state index contributed by atoms with van der Waals surface area (Å²) in [5.74, 6) is -0.701. The minimum absolute atomic E-state index is 0.157. The molecule has 5 heteroatoms. The molecule has 0 fully saturated rings. The van der Waals surface area contributed by atoms with Crippen LogP contribution in [0.25, 0.3) is 5.57 Å². The zero-order chi connectivity index (χ0) is 11.9. The third-order valence-electron chi connectivity index (χ3n) is 2.44. The molecule has 0 amide bonds. The van der Waals surface area contributed by atoms with Gasteiger partial charge in [0.05, 0.1) is 0 Å². The minimum atomic E-state index is -3.62. The van der Waals surface area contributed by atoms with Gasteiger partial charge in [0.1, 0.15) is 10.7 Å². The number of hydrogen-bond acceptors (Lipinski definition) is 3. The highest BCUT2D eigenvalue weighted by atomic mass is 32.2. The Morgan fingerprint density at radius 3 is 2.75 bits per heavy atom. The average molecular weight is 241 g/mol. The van der Waals surface area contributed by atoms with Crippen molar-refractivity contribution in [3.63, 3.8) is 0 Å². The first-order chi connectivity index (χ1) is 7.42. The number of benzene rings is 1. The molecule has 2 N–H and O–H groups in total. The topological polar surface area (TPSA) is 60.2 Å². The lowest BCUT2D eigenvalue weighted by Gasteiger charge is -2.07. The molecular weight excluding hydrogens is 229 g/mol. The molecule has 2 rings (SSSR count). The van der Waals surface area contributed by atoms with E-state index in [1.807, 2.05) is 0 Å². The Bertz CT molecular complexity index is 561. The normalized spacial score (nSPS) is 19.1. The molecule has 86 valence electrons. The Kier molecular flexibility index (Phi) is 2.59. The molecule has 1 aliphatic rings. The molecule has 0 aromatic heterocycles. The van der Waals surface area contributed by atoms with Gasteiger partial charge < -0.3 is 5.73 Å². The Morgan fingerprint density at radius 1 is 1.44 bits per heavy atom. The van der Waals surface area contributed by atoms with Crippen molar-refractivity contribution in [1.82, 2.24) is 0 Å². The largest absolute Gasteiger partial charge is 0.328 e. The number of hydrogen-bond donors (Lipinski definition) is 1. The molecule has 1 aliphatic heterocycles. The number of nitrogens with two attached hydrogens (primary N) is 1. The van der Waals surface area contributed by atoms with E-state index in [2.05, 4.69) is 0 Å². The predicted octanol–water partition coefficient (Wildman–Crippen LogP) is 1.69. The molecule has 1 aromatic carbocycles. The zero-order valence-corrected chi connectivity index (χ0v) is 9.59. The molecule has 0 radical (unpaired) electrons. The van der Waals surface area contributed by atoms with E-state index in [-0.39, 0.29) is 10.9 Å². The van der Waals surface area contributed by atoms with Gasteiger partial charge in [-0.15, -0.1) is 0 Å². The summed E-state index contributed by atoms with van der Waals surface area (Å²) in [6.07, 6.45) is 0.426. The molecule has 3 nitrogen and oxygen atoms in total. The van der Waals surface area contributed by atoms with Crippen LogP contribution in [-0.4, -0.2) is 14.5 Å². The summed E-state index contributed by atoms with van der Waals surface area (Å²) >= 11 is 0. The van der Waals surface area contributed by atoms with Crippen molar-refractivity contribution in [1.29, 1.82) is 0 Å². The van der Waals surface area contributed by atoms with Crippen LogP contribution in [0.4, 0.5) is 4.39 Å². The van der Waals surface area contributed by atoms with Gasteiger partial charge >= 0.3 is 0 Å². The summed E-state index contributed by atoms with van der Waals surface area (Å²) in [6, 6.07) is 4.11. The van der Waals surface area contributed by atoms with E-state index in [0.717, 1.165) is 11.5 Å². The molecule has 1 heterocycles. The van der Waals surface area contributed by atoms with Gasteiger partial charge in [0.15, 0.2) is 0 Å². The summed E-state index contributed by atoms with van der Waals surface area (Å²) in [5.41, 5.74) is 6.66. The van der Waals surface area contributed by atoms with Gasteiger partial charge in [-0.25, -0.2) is 12.8 Å². The minimum Gasteiger partial charge on any atom is -0.328 e. The van der Waals surface area contributed by atoms with E-state index >= 15 is 0 Å². The fourth-order valence-corrected chi connectivity index (χ4v) is 3.43. The zero-order valence-electron chi connectivity index (χ0n) is 8.77. The summed E-state index contributed by atoms with van der Waals surface area (Å²) in [6.45, 7) is 1.78. The second-order valence-corrected chi connectivity index (χ2v) is 5.72. The van der Waals surface area contributed by atoms with Gasteiger partial charge in [0.25, 0.3) is 0 Å². The van der Waals surface area contributed by atoms with Gasteiger partial charge in [0.2, 0.25) is 9.84 Å². The van der Waals surface area contributed by atoms with Crippen LogP contribution in [0.2, 0.25) is 0 Å². The fourth-order valence-electron chi connectivity index (χ4n) is 1.87. The standard InChI is InChI=1S/C11H12FNO2S/c1-7(13)5-8-6-16(14,15)11-9(8)3-2-4-10(11)12/h2-4,6-7H,5,13H2,1H3. The van der Waals surface area contributed by atoms with Gasteiger partial charge in [0, 0.05) is 17.0 Å². The van der Waals surface area contributed by atoms with Crippen LogP contribution >= 0.6 is 0 Å². The monoisotopic (exact) mass is 241 g/mol. The van der Waals surface area contributed by atoms with Crippen LogP contribution in [-0.2, 0) is 9.84 Å². The maximum Gasteiger partial charge on any atom is 0.203 e. The van der Waals surface area contributed by atoms with Gasteiger partial charge in [-0.05, 0) is 25.0 Å². The van der Waals surface area contributed by atoms with E-state index in [1.54, 1.807) is 13.0 Å². The van der Waals surface area contributed by atoms with Crippen LogP contribution in [0.1, 0.15) is 18.9 Å². The van der Waals surface area contributed by atoms with Crippen LogP contribution < -0.4 is 5.73 Å². The first-order valence-electron chi connectivity index (χ1n) is 4.92. The molecule has 1 aromatic rings. The Morgan fingerprint density at radius 2 is 2.12 bits per heavy atom. The van der Waals surface area contributed by atoms with Crippen LogP contribution in [0.3, 0.4) is 0 Å². The van der Waals surface area contributed by atoms with E-state index in [4.69, 9.17) is 5.73 Å². The lowest BCUT2D eigenvalue weighted by Crippen LogP contribution is -2.14. The van der Waals surface area contributed by atoms with Crippen LogP contribution in [0.5, 0.6) is 0 Å². The van der Waals surface area contributed by atoms with Crippen LogP contribution in [0, 0.1) is 5.82 Å². The van der Waals surface area contributed by atoms with Crippen molar-refractivity contribution >= 4 is 15.4 Å². The quantitative estimate of drug-likeness (QED) is 0.857. The van der Waals surface area contributed by atoms with Crippen molar-refractivity contribution in [3.8, 4) is 0 Å². The molecule has 1 unspecified atom stereocenters. The summed E-state index contributed by atoms with van der Waals surface area (Å²) in [7, 11) is -3.62. The second-order valence-electron chi connectivity index (χ2n) is 3.99. The maximum atomic E-state index is 13.5. The molecule has 0 saturated carbocycles. The first kappa shape index (κ1) is 11.3. The van der Waals surface area contributed by atoms with Crippen molar-refractivity contribution < 1.29 is 12.8 Å². The third kappa shape index (κ3) is 1.76. The van der Waals surface area contributed by atoms with Crippen molar-refractivity contribution in [2.24, 2.45) is 5.73 Å². The highest BCUT2D eigenvalue weighted by Gasteiger charge is 2.30. The first-order valence-corrected chi connectivity index (χ1v) is 6.46. The number of fused-ring (bicyclic) bond motifs is 1. The van der Waals surface area contributed by atoms with Gasteiger partial charge in [-0.3, -0.25) is 0 Å².